The number of nitrogens with zero attached hydrogens (tertiary/aromatic N) is 1. The zero-order valence-corrected chi connectivity index (χ0v) is 25.8. The molecule has 264 valence electrons. The molecule has 0 aliphatic carbocycles. The Morgan fingerprint density at radius 3 is 1.09 bits per heavy atom. The molecule has 2 atom stereocenters. The second kappa shape index (κ2) is 11.0. The molecule has 0 N–H and O–H groups in total. The molecule has 0 saturated carbocycles. The predicted molar refractivity (Wildman–Crippen MR) is 126 cm³/mol. The summed E-state index contributed by atoms with van der Waals surface area (Å²) in [6.45, 7) is 2.53. The summed E-state index contributed by atoms with van der Waals surface area (Å²) in [4.78, 5) is 11.3. The highest BCUT2D eigenvalue weighted by Crippen LogP contribution is 2.68. The van der Waals surface area contributed by atoms with Crippen molar-refractivity contribution in [3.05, 3.63) is 0 Å². The van der Waals surface area contributed by atoms with E-state index >= 15 is 35.1 Å². The molecular formula is C25H36F15NO3. The van der Waals surface area contributed by atoms with E-state index in [-0.39, 0.29) is 53.4 Å². The molecule has 19 heteroatoms. The SMILES string of the molecule is CN(C)C(=O)C(F)(F)OC(F)(C(F)(F)F)C(F)(F)OC(F)(C(C)(C)C)C(F)(F)C(C)(C)C(C)(C)C(F)(F)C(F)(F)C(C)(C)C. The lowest BCUT2D eigenvalue weighted by molar-refractivity contribution is -0.533. The number of carbonyl (C=O) groups is 1. The van der Waals surface area contributed by atoms with Crippen molar-refractivity contribution in [2.75, 3.05) is 14.1 Å². The van der Waals surface area contributed by atoms with Gasteiger partial charge in [0.05, 0.1) is 0 Å². The van der Waals surface area contributed by atoms with Crippen LogP contribution in [0.1, 0.15) is 69.2 Å². The van der Waals surface area contributed by atoms with E-state index in [1.54, 1.807) is 0 Å². The van der Waals surface area contributed by atoms with Crippen LogP contribution in [0.5, 0.6) is 0 Å². The largest absolute Gasteiger partial charge is 0.458 e. The monoisotopic (exact) mass is 683 g/mol. The van der Waals surface area contributed by atoms with Crippen LogP contribution in [0.2, 0.25) is 0 Å². The average molecular weight is 684 g/mol. The number of carbonyl (C=O) groups excluding carboxylic acids is 1. The van der Waals surface area contributed by atoms with Crippen molar-refractivity contribution in [1.82, 2.24) is 4.90 Å². The number of hydrogen-bond donors (Lipinski definition) is 0. The fourth-order valence-electron chi connectivity index (χ4n) is 3.74. The van der Waals surface area contributed by atoms with Crippen molar-refractivity contribution in [2.45, 2.75) is 117 Å². The minimum absolute atomic E-state index is 0.0198. The van der Waals surface area contributed by atoms with Crippen LogP contribution in [0.25, 0.3) is 0 Å². The van der Waals surface area contributed by atoms with Crippen LogP contribution < -0.4 is 0 Å². The van der Waals surface area contributed by atoms with Gasteiger partial charge in [0.2, 0.25) is 0 Å². The summed E-state index contributed by atoms with van der Waals surface area (Å²) in [7, 11) is 0.884. The Morgan fingerprint density at radius 2 is 0.818 bits per heavy atom. The first-order valence-electron chi connectivity index (χ1n) is 12.5. The first-order chi connectivity index (χ1) is 18.5. The van der Waals surface area contributed by atoms with Crippen molar-refractivity contribution >= 4 is 5.91 Å². The Labute approximate surface area is 244 Å². The molecule has 0 fully saturated rings. The normalized spacial score (nSPS) is 18.5. The zero-order chi connectivity index (χ0) is 36.6. The number of ether oxygens (including phenoxy) is 2. The maximum absolute atomic E-state index is 16.4. The maximum Gasteiger partial charge on any atom is 0.458 e. The third-order valence-corrected chi connectivity index (χ3v) is 7.77. The van der Waals surface area contributed by atoms with Gasteiger partial charge in [0, 0.05) is 35.8 Å². The van der Waals surface area contributed by atoms with E-state index in [2.05, 4.69) is 9.47 Å². The van der Waals surface area contributed by atoms with Gasteiger partial charge >= 0.3 is 47.9 Å². The van der Waals surface area contributed by atoms with Crippen LogP contribution in [0.3, 0.4) is 0 Å². The molecular weight excluding hydrogens is 647 g/mol. The van der Waals surface area contributed by atoms with Crippen molar-refractivity contribution in [3.8, 4) is 0 Å². The van der Waals surface area contributed by atoms with E-state index in [1.165, 1.54) is 0 Å². The van der Waals surface area contributed by atoms with Gasteiger partial charge in [-0.2, -0.15) is 61.5 Å². The average Bonchev–Trinajstić information content (AvgIpc) is 2.74. The Hall–Kier alpha value is -1.66. The molecule has 0 aromatic heterocycles. The van der Waals surface area contributed by atoms with Crippen molar-refractivity contribution in [3.63, 3.8) is 0 Å². The van der Waals surface area contributed by atoms with E-state index in [0.29, 0.717) is 34.9 Å². The number of rotatable bonds is 11. The number of halogens is 15. The lowest BCUT2D eigenvalue weighted by atomic mass is 9.55. The third kappa shape index (κ3) is 6.08. The van der Waals surface area contributed by atoms with Gasteiger partial charge in [-0.1, -0.05) is 69.2 Å². The second-order valence-corrected chi connectivity index (χ2v) is 13.6. The number of alkyl halides is 15. The Bertz CT molecular complexity index is 1060. The summed E-state index contributed by atoms with van der Waals surface area (Å²) >= 11 is 0. The highest BCUT2D eigenvalue weighted by atomic mass is 19.4. The first kappa shape index (κ1) is 42.3. The lowest BCUT2D eigenvalue weighted by Gasteiger charge is -2.57. The number of hydrogen-bond acceptors (Lipinski definition) is 3. The Kier molecular flexibility index (Phi) is 10.5. The molecule has 1 amide bonds. The summed E-state index contributed by atoms with van der Waals surface area (Å²) in [5.74, 6) is -32.6. The molecule has 4 nitrogen and oxygen atoms in total. The molecule has 0 radical (unpaired) electrons. The molecule has 0 aromatic carbocycles. The molecule has 44 heavy (non-hydrogen) atoms. The Balaban J connectivity index is 7.60. The van der Waals surface area contributed by atoms with Crippen LogP contribution in [0, 0.1) is 21.7 Å². The number of likely N-dealkylation sites (N-methyl/N-ethyl adjacent to an activating group) is 1. The van der Waals surface area contributed by atoms with Crippen LogP contribution in [0.4, 0.5) is 65.9 Å². The smallest absolute Gasteiger partial charge is 0.341 e. The van der Waals surface area contributed by atoms with Crippen molar-refractivity contribution in [1.29, 1.82) is 0 Å². The van der Waals surface area contributed by atoms with Crippen LogP contribution in [-0.4, -0.2) is 72.8 Å². The van der Waals surface area contributed by atoms with Crippen molar-refractivity contribution < 1.29 is 80.1 Å². The summed E-state index contributed by atoms with van der Waals surface area (Å²) in [5.41, 5.74) is -13.8. The Morgan fingerprint density at radius 1 is 0.477 bits per heavy atom. The summed E-state index contributed by atoms with van der Waals surface area (Å²) in [6.07, 6.45) is -20.7. The van der Waals surface area contributed by atoms with E-state index in [9.17, 15) is 35.5 Å². The van der Waals surface area contributed by atoms with E-state index in [1.807, 2.05) is 0 Å². The lowest BCUT2D eigenvalue weighted by Crippen LogP contribution is -2.73. The van der Waals surface area contributed by atoms with Gasteiger partial charge in [-0.3, -0.25) is 14.3 Å². The van der Waals surface area contributed by atoms with E-state index in [4.69, 9.17) is 0 Å². The van der Waals surface area contributed by atoms with Gasteiger partial charge < -0.3 is 4.90 Å². The first-order valence-corrected chi connectivity index (χ1v) is 12.5. The maximum atomic E-state index is 16.4. The zero-order valence-electron chi connectivity index (χ0n) is 25.8. The molecule has 2 unspecified atom stereocenters. The number of amides is 1. The summed E-state index contributed by atoms with van der Waals surface area (Å²) < 4.78 is 229. The fourth-order valence-corrected chi connectivity index (χ4v) is 3.74. The molecule has 0 aliphatic rings. The molecule has 0 aromatic rings. The van der Waals surface area contributed by atoms with Crippen LogP contribution in [-0.2, 0) is 14.3 Å². The van der Waals surface area contributed by atoms with Gasteiger partial charge in [0.15, 0.2) is 0 Å². The van der Waals surface area contributed by atoms with Gasteiger partial charge in [0.1, 0.15) is 0 Å². The van der Waals surface area contributed by atoms with Gasteiger partial charge in [-0.15, -0.1) is 0 Å². The van der Waals surface area contributed by atoms with Gasteiger partial charge in [-0.05, 0) is 0 Å². The molecule has 0 rings (SSSR count). The fraction of sp³-hybridized carbons (Fsp3) is 0.960. The minimum atomic E-state index is -7.38. The quantitative estimate of drug-likeness (QED) is 0.204. The van der Waals surface area contributed by atoms with Crippen LogP contribution >= 0.6 is 0 Å². The topological polar surface area (TPSA) is 38.8 Å². The van der Waals surface area contributed by atoms with Gasteiger partial charge in [0.25, 0.3) is 5.85 Å². The second-order valence-electron chi connectivity index (χ2n) is 13.6. The van der Waals surface area contributed by atoms with E-state index < -0.39 is 75.4 Å². The molecule has 0 heterocycles. The summed E-state index contributed by atoms with van der Waals surface area (Å²) in [5, 5.41) is 0. The highest BCUT2D eigenvalue weighted by molar-refractivity contribution is 5.81. The van der Waals surface area contributed by atoms with Crippen molar-refractivity contribution in [2.24, 2.45) is 21.7 Å². The molecule has 0 aliphatic heterocycles. The third-order valence-electron chi connectivity index (χ3n) is 7.77. The molecule has 0 bridgehead atoms. The highest BCUT2D eigenvalue weighted by Gasteiger charge is 2.85. The van der Waals surface area contributed by atoms with E-state index in [0.717, 1.165) is 0 Å². The molecule has 0 spiro atoms. The van der Waals surface area contributed by atoms with Crippen LogP contribution in [0.15, 0.2) is 0 Å². The predicted octanol–water partition coefficient (Wildman–Crippen LogP) is 9.24. The summed E-state index contributed by atoms with van der Waals surface area (Å²) in [6, 6.07) is 0. The minimum Gasteiger partial charge on any atom is -0.341 e. The standard InChI is InChI=1S/C25H36F15NO3/c1-14(2,3)19(28,29)20(30,31)16(7,8)17(9,10)21(32,33)22(34,15(4,5)6)44-25(39,40)23(35,24(36,37)38)43-18(26,27)13(42)41(11)12/h1-12H3. The molecule has 0 saturated heterocycles. The van der Waals surface area contributed by atoms with Gasteiger partial charge in [-0.25, -0.2) is 4.39 Å².